The first-order valence-electron chi connectivity index (χ1n) is 7.43. The maximum absolute atomic E-state index is 12.0. The Balaban J connectivity index is 1.85. The van der Waals surface area contributed by atoms with E-state index in [1.54, 1.807) is 4.57 Å². The van der Waals surface area contributed by atoms with Crippen LogP contribution in [0.4, 0.5) is 5.82 Å². The van der Waals surface area contributed by atoms with Crippen LogP contribution in [-0.2, 0) is 46.9 Å². The van der Waals surface area contributed by atoms with Crippen molar-refractivity contribution in [3.63, 3.8) is 0 Å². The minimum Gasteiger partial charge on any atom is -0.660 e. The minimum absolute atomic E-state index is 0.188. The fourth-order valence-corrected chi connectivity index (χ4v) is 4.09. The van der Waals surface area contributed by atoms with E-state index in [4.69, 9.17) is 31.8 Å². The average Bonchev–Trinajstić information content (AvgIpc) is 3.16. The van der Waals surface area contributed by atoms with E-state index in [0.717, 1.165) is 7.11 Å². The summed E-state index contributed by atoms with van der Waals surface area (Å²) in [7, 11) is 1.16. The van der Waals surface area contributed by atoms with Crippen LogP contribution in [0, 0.1) is 0 Å². The van der Waals surface area contributed by atoms with Crippen molar-refractivity contribution >= 4 is 54.6 Å². The van der Waals surface area contributed by atoms with Gasteiger partial charge in [0.1, 0.15) is 24.2 Å². The van der Waals surface area contributed by atoms with Crippen LogP contribution in [0.1, 0.15) is 12.6 Å². The molecular weight excluding hydrogens is 440 g/mol. The van der Waals surface area contributed by atoms with E-state index in [1.807, 2.05) is 0 Å². The quantitative estimate of drug-likeness (QED) is 0.392. The van der Waals surface area contributed by atoms with E-state index >= 15 is 0 Å². The van der Waals surface area contributed by atoms with Gasteiger partial charge in [-0.2, -0.15) is 0 Å². The molecule has 3 heterocycles. The number of hydrogen-bond acceptors (Lipinski definition) is 11. The Bertz CT molecular complexity index is 924. The number of imidazole rings is 1. The Morgan fingerprint density at radius 2 is 2.22 bits per heavy atom. The molecule has 4 atom stereocenters. The molecule has 150 valence electrons. The molecule has 1 fully saturated rings. The summed E-state index contributed by atoms with van der Waals surface area (Å²) >= 11 is 9.21. The number of ether oxygens (including phenoxy) is 1. The molecule has 0 aliphatic carbocycles. The van der Waals surface area contributed by atoms with Crippen molar-refractivity contribution in [1.29, 1.82) is 0 Å². The highest BCUT2D eigenvalue weighted by Gasteiger charge is 2.40. The van der Waals surface area contributed by atoms with Crippen molar-refractivity contribution in [2.45, 2.75) is 24.9 Å². The highest BCUT2D eigenvalue weighted by molar-refractivity contribution is 8.32. The normalized spacial score (nSPS) is 25.7. The lowest BCUT2D eigenvalue weighted by molar-refractivity contribution is -0.0368. The van der Waals surface area contributed by atoms with Gasteiger partial charge < -0.3 is 46.1 Å². The molecule has 2 aromatic heterocycles. The third kappa shape index (κ3) is 5.04. The number of rotatable bonds is 7. The van der Waals surface area contributed by atoms with E-state index in [2.05, 4.69) is 31.3 Å². The Kier molecular flexibility index (Phi) is 6.23. The number of hydrogen-bond donors (Lipinski definition) is 3. The van der Waals surface area contributed by atoms with Gasteiger partial charge in [0, 0.05) is 13.5 Å². The van der Waals surface area contributed by atoms with Gasteiger partial charge in [0.05, 0.1) is 19.0 Å². The monoisotopic (exact) mass is 456 g/mol. The first kappa shape index (κ1) is 21.1. The van der Waals surface area contributed by atoms with Crippen LogP contribution in [0.3, 0.4) is 0 Å². The molecule has 2 aromatic rings. The molecule has 1 aliphatic heterocycles. The third-order valence-corrected chi connectivity index (χ3v) is 6.26. The van der Waals surface area contributed by atoms with E-state index < -0.39 is 32.0 Å². The molecule has 0 aromatic carbocycles. The summed E-state index contributed by atoms with van der Waals surface area (Å²) in [4.78, 5) is 30.7. The maximum atomic E-state index is 12.0. The lowest BCUT2D eigenvalue weighted by atomic mass is 10.2. The number of nitrogens with two attached hydrogens (primary N) is 1. The van der Waals surface area contributed by atoms with Gasteiger partial charge in [-0.3, -0.25) is 9.13 Å². The third-order valence-electron chi connectivity index (χ3n) is 3.77. The first-order valence-corrected chi connectivity index (χ1v) is 12.6. The maximum Gasteiger partial charge on any atom is 0.321 e. The van der Waals surface area contributed by atoms with Crippen LogP contribution >= 0.6 is 13.5 Å². The van der Waals surface area contributed by atoms with Gasteiger partial charge in [-0.1, -0.05) is 0 Å². The summed E-state index contributed by atoms with van der Waals surface area (Å²) in [5, 5.41) is 0. The van der Waals surface area contributed by atoms with Gasteiger partial charge in [-0.25, -0.2) is 15.0 Å². The summed E-state index contributed by atoms with van der Waals surface area (Å²) in [6.07, 6.45) is 0.621. The van der Waals surface area contributed by atoms with E-state index in [-0.39, 0.29) is 18.8 Å². The highest BCUT2D eigenvalue weighted by atomic mass is 32.7. The van der Waals surface area contributed by atoms with Crippen LogP contribution in [0.25, 0.3) is 11.2 Å². The molecule has 1 unspecified atom stereocenters. The number of fused-ring (bicyclic) bond motifs is 1. The summed E-state index contributed by atoms with van der Waals surface area (Å²) in [5.41, 5.74) is 6.60. The summed E-state index contributed by atoms with van der Waals surface area (Å²) < 4.78 is 34.4. The van der Waals surface area contributed by atoms with Crippen molar-refractivity contribution in [2.24, 2.45) is 0 Å². The molecule has 1 saturated heterocycles. The molecule has 0 amide bonds. The molecule has 3 rings (SSSR count). The van der Waals surface area contributed by atoms with E-state index in [0.29, 0.717) is 11.2 Å². The molecule has 27 heavy (non-hydrogen) atoms. The van der Waals surface area contributed by atoms with Gasteiger partial charge in [-0.15, -0.1) is 0 Å². The lowest BCUT2D eigenvalue weighted by Gasteiger charge is -2.27. The number of nitrogen functional groups attached to an aromatic ring is 1. The molecule has 0 saturated carbocycles. The van der Waals surface area contributed by atoms with Crippen molar-refractivity contribution < 1.29 is 32.7 Å². The number of nitrogens with zero attached hydrogens (tertiary/aromatic N) is 4. The fraction of sp³-hybridized carbons (Fsp3) is 0.545. The molecule has 0 radical (unpaired) electrons. The van der Waals surface area contributed by atoms with Gasteiger partial charge >= 0.3 is 6.72 Å². The smallest absolute Gasteiger partial charge is 0.321 e. The van der Waals surface area contributed by atoms with Gasteiger partial charge in [0.15, 0.2) is 18.3 Å². The summed E-state index contributed by atoms with van der Waals surface area (Å²) in [6.45, 7) is -7.97. The molecule has 0 spiro atoms. The van der Waals surface area contributed by atoms with Crippen LogP contribution < -0.4 is 5.73 Å². The lowest BCUT2D eigenvalue weighted by Crippen LogP contribution is -2.28. The van der Waals surface area contributed by atoms with Crippen molar-refractivity contribution in [2.75, 3.05) is 19.5 Å². The minimum atomic E-state index is -3.91. The zero-order valence-electron chi connectivity index (χ0n) is 13.8. The molecular formula is C11H16N5O7P2S2-. The molecule has 0 bridgehead atoms. The SMILES string of the molecule is COP(=O)([S-])O[C@@H]1C[C@H](n2cnc3c(N)ncnc32)O[C@@H]1COP(O)(O)=S. The fourth-order valence-electron chi connectivity index (χ4n) is 2.59. The van der Waals surface area contributed by atoms with Gasteiger partial charge in [0.2, 0.25) is 0 Å². The standard InChI is InChI=1S/C11H17N5O7P2S2/c1-20-25(19,27)23-6-2-8(22-7(6)3-21-24(17,18)26)16-5-15-9-10(12)13-4-14-11(9)16/h4-8H,2-3H2,1H3,(H,19,27)(H2,12,13,14)(H2,17,18,26)/p-1/t6-,7-,8-,25?/m1/s1. The van der Waals surface area contributed by atoms with Crippen molar-refractivity contribution in [1.82, 2.24) is 19.5 Å². The number of aromatic nitrogens is 4. The largest absolute Gasteiger partial charge is 0.660 e. The van der Waals surface area contributed by atoms with Crippen molar-refractivity contribution in [3.8, 4) is 0 Å². The van der Waals surface area contributed by atoms with Gasteiger partial charge in [-0.05, 0) is 11.8 Å². The second-order valence-electron chi connectivity index (χ2n) is 5.51. The van der Waals surface area contributed by atoms with Crippen LogP contribution in [0.5, 0.6) is 0 Å². The second-order valence-corrected chi connectivity index (χ2v) is 11.0. The van der Waals surface area contributed by atoms with Gasteiger partial charge in [0.25, 0.3) is 0 Å². The number of anilines is 1. The van der Waals surface area contributed by atoms with E-state index in [9.17, 15) is 14.4 Å². The summed E-state index contributed by atoms with van der Waals surface area (Å²) in [6, 6.07) is 0. The van der Waals surface area contributed by atoms with Crippen LogP contribution in [0.2, 0.25) is 0 Å². The van der Waals surface area contributed by atoms with Crippen LogP contribution in [-0.4, -0.2) is 55.2 Å². The Morgan fingerprint density at radius 3 is 2.89 bits per heavy atom. The van der Waals surface area contributed by atoms with Crippen molar-refractivity contribution in [3.05, 3.63) is 12.7 Å². The molecule has 12 nitrogen and oxygen atoms in total. The Labute approximate surface area is 164 Å². The highest BCUT2D eigenvalue weighted by Crippen LogP contribution is 2.50. The van der Waals surface area contributed by atoms with Crippen LogP contribution in [0.15, 0.2) is 12.7 Å². The zero-order chi connectivity index (χ0) is 19.8. The molecule has 4 N–H and O–H groups in total. The zero-order valence-corrected chi connectivity index (χ0v) is 17.2. The Morgan fingerprint density at radius 1 is 1.48 bits per heavy atom. The second kappa shape index (κ2) is 7.99. The Hall–Kier alpha value is -0.660. The molecule has 16 heteroatoms. The first-order chi connectivity index (χ1) is 12.6. The topological polar surface area (TPSA) is 164 Å². The predicted molar refractivity (Wildman–Crippen MR) is 99.8 cm³/mol. The molecule has 1 aliphatic rings. The average molecular weight is 456 g/mol. The van der Waals surface area contributed by atoms with E-state index in [1.165, 1.54) is 12.7 Å². The summed E-state index contributed by atoms with van der Waals surface area (Å²) in [5.74, 6) is 0.208. The predicted octanol–water partition coefficient (Wildman–Crippen LogP) is 0.608.